The Labute approximate surface area is 911 Å². The number of amidine groups is 1. The zero-order valence-corrected chi connectivity index (χ0v) is 94.4. The molecule has 1 aromatic heterocycles. The molecule has 62 heteroatoms. The van der Waals surface area contributed by atoms with Crippen molar-refractivity contribution in [3.8, 4) is 11.4 Å². The minimum absolute atomic E-state index is 0. The van der Waals surface area contributed by atoms with E-state index >= 15 is 0 Å². The molecule has 5 aromatic carbocycles. The molecular weight excluding hydrogens is 2280 g/mol. The number of aliphatic hydroxyl groups excluding tert-OH is 1. The molecule has 24 N–H and O–H groups in total. The number of nitrogens with zero attached hydrogens (tertiary/aromatic N) is 9. The van der Waals surface area contributed by atoms with Crippen LogP contribution in [0.5, 0.6) is 5.75 Å². The van der Waals surface area contributed by atoms with Crippen LogP contribution in [0.3, 0.4) is 0 Å². The van der Waals surface area contributed by atoms with Crippen LogP contribution in [-0.4, -0.2) is 338 Å². The van der Waals surface area contributed by atoms with Crippen molar-refractivity contribution in [2.75, 3.05) is 143 Å². The van der Waals surface area contributed by atoms with Gasteiger partial charge >= 0.3 is 41.5 Å². The van der Waals surface area contributed by atoms with Crippen LogP contribution in [-0.2, 0) is 113 Å². The molecule has 0 saturated heterocycles. The number of aromatic hydroxyl groups is 1. The number of aliphatic carboxylic acids is 2. The van der Waals surface area contributed by atoms with E-state index in [1.54, 1.807) is 12.1 Å². The van der Waals surface area contributed by atoms with E-state index in [2.05, 4.69) is 117 Å². The molecule has 49 nitrogen and oxygen atoms in total. The van der Waals surface area contributed by atoms with Crippen LogP contribution in [0.15, 0.2) is 162 Å². The average Bonchev–Trinajstić information content (AvgIpc) is 1.69. The van der Waals surface area contributed by atoms with Crippen LogP contribution in [0, 0.1) is 8.98 Å². The molecule has 3 heterocycles. The number of tetrazole rings is 1. The monoisotopic (exact) mass is 2410 g/mol. The van der Waals surface area contributed by atoms with Gasteiger partial charge in [-0.05, 0) is 244 Å². The van der Waals surface area contributed by atoms with Crippen molar-refractivity contribution in [3.05, 3.63) is 188 Å². The van der Waals surface area contributed by atoms with E-state index in [1.807, 2.05) is 78.9 Å². The fraction of sp³-hybridized carbons (Fsp3) is 0.529. The van der Waals surface area contributed by atoms with Crippen LogP contribution in [0.25, 0.3) is 27.3 Å². The number of phenolic OH excluding ortho intramolecular Hbond substituents is 1. The molecule has 0 bridgehead atoms. The number of primary amides is 1. The molecule has 6 aromatic rings. The van der Waals surface area contributed by atoms with Gasteiger partial charge in [0.2, 0.25) is 11.1 Å². The summed E-state index contributed by atoms with van der Waals surface area (Å²) in [6.07, 6.45) is 15.8. The number of carbonyl (C=O) groups excluding carboxylic acids is 2. The predicted octanol–water partition coefficient (Wildman–Crippen LogP) is 3.38. The van der Waals surface area contributed by atoms with Gasteiger partial charge in [0.05, 0.1) is 74.6 Å². The summed E-state index contributed by atoms with van der Waals surface area (Å²) in [5.41, 5.74) is 41.4. The Balaban J connectivity index is -0.000000782. The van der Waals surface area contributed by atoms with Crippen LogP contribution < -0.4 is 68.9 Å². The van der Waals surface area contributed by atoms with Gasteiger partial charge in [-0.2, -0.15) is 63.6 Å². The molecule has 2 atom stereocenters. The molecule has 2 aliphatic heterocycles. The normalized spacial score (nSPS) is 13.0. The van der Waals surface area contributed by atoms with Crippen molar-refractivity contribution in [2.24, 2.45) is 33.8 Å². The van der Waals surface area contributed by atoms with Crippen molar-refractivity contribution in [1.82, 2.24) is 40.6 Å². The summed E-state index contributed by atoms with van der Waals surface area (Å²) in [6.45, 7) is 7.03. The first-order valence-corrected chi connectivity index (χ1v) is 60.6. The smallest absolute Gasteiger partial charge is 0.748 e. The maximum atomic E-state index is 11.6. The average molecular weight is 2420 g/mol. The Hall–Kier alpha value is -7.01. The summed E-state index contributed by atoms with van der Waals surface area (Å²) < 4.78 is 236. The van der Waals surface area contributed by atoms with E-state index in [-0.39, 0.29) is 156 Å². The Bertz CT molecular complexity index is 5790. The number of thioether (sulfide) groups is 2. The number of nitrogens with one attached hydrogen (secondary N) is 3. The number of carbonyl (C=O) groups is 4. The molecule has 0 saturated carbocycles. The number of unbranched alkanes of at least 4 members (excludes halogenated alkanes) is 6. The quantitative estimate of drug-likeness (QED) is 0.00249. The third-order valence-corrected chi connectivity index (χ3v) is 27.8. The summed E-state index contributed by atoms with van der Waals surface area (Å²) in [4.78, 5) is 50.8. The van der Waals surface area contributed by atoms with E-state index in [0.717, 1.165) is 122 Å². The Morgan fingerprint density at radius 2 is 0.898 bits per heavy atom. The van der Waals surface area contributed by atoms with E-state index in [0.29, 0.717) is 87.7 Å². The molecule has 8 rings (SSSR count). The van der Waals surface area contributed by atoms with Gasteiger partial charge < -0.3 is 64.3 Å². The second-order valence-corrected chi connectivity index (χ2v) is 47.1. The van der Waals surface area contributed by atoms with Crippen LogP contribution in [0.1, 0.15) is 138 Å². The fourth-order valence-corrected chi connectivity index (χ4v) is 18.2. The maximum Gasteiger partial charge on any atom is 1.00 e. The van der Waals surface area contributed by atoms with Crippen molar-refractivity contribution < 1.29 is 173 Å². The summed E-state index contributed by atoms with van der Waals surface area (Å²) in [5, 5.41) is 62.4. The zero-order valence-electron chi connectivity index (χ0n) is 81.3. The topological polar surface area (TPSA) is 864 Å². The molecule has 0 spiro atoms. The minimum atomic E-state index is -4.14. The Morgan fingerprint density at radius 3 is 1.30 bits per heavy atom. The van der Waals surface area contributed by atoms with Gasteiger partial charge in [-0.3, -0.25) is 66.3 Å². The molecule has 2 aliphatic rings. The van der Waals surface area contributed by atoms with Crippen molar-refractivity contribution in [3.63, 3.8) is 0 Å². The first-order valence-electron chi connectivity index (χ1n) is 44.8. The zero-order chi connectivity index (χ0) is 110. The van der Waals surface area contributed by atoms with Crippen LogP contribution in [0.2, 0.25) is 0 Å². The van der Waals surface area contributed by atoms with Crippen molar-refractivity contribution >= 4 is 179 Å². The SMILES string of the molecule is Cl.N=C(N)SCCCS(=O)(=O)O.NC(=O)[C@H](Cc1ccc(I)cc1)NCCCS(=O)(=O)O.NCCCCCCS(=O)(=O)O.NCCCCCS(=O)(=O)O.NCCCCS(=O)(=O)O.O=C(CO)[C@H](Cc1ccccc1)NCCCS(=O)(=O)O.O=C(O)CCCN1CC=C(c2ccccc2)CC1.O=C(O)CCN1CC=C(c2ccccc2)CC1.O=S(=O)(O)CCSc1nnnn1-c1ccc(O)cc1.[N-]=[N+]=NCCCS(=O)(=O)[O-].[Na+]. The molecule has 830 valence electrons. The number of hydrogen-bond donors (Lipinski definition) is 19. The number of aliphatic hydroxyl groups is 1. The largest absolute Gasteiger partial charge is 1.00 e. The number of carboxylic acid groups (broad SMARTS) is 2. The van der Waals surface area contributed by atoms with Crippen LogP contribution >= 0.6 is 58.5 Å². The van der Waals surface area contributed by atoms with E-state index < -0.39 is 123 Å². The standard InChI is InChI=1S/C15H19NO2.C14H17NO2.C13H19NO5S.C12H17IN2O4S.C9H10N4O4S2.C6H15NO3S.C5H13NO3S.C4H10N2O3S2.C4H11NO3S.C3H7N3O3S.ClH.Na/c17-15(18)7-4-10-16-11-8-14(9-12-16)13-5-2-1-3-6-13;16-14(17)8-11-15-9-6-13(7-10-15)12-4-2-1-3-5-12;15-10-13(16)12(9-11-5-2-1-3-6-11)14-7-4-8-20(17,18)19;13-10-4-2-9(3-5-10)8-11(12(14)16)15-6-1-7-20(17,18)19;14-8-3-1-7(2-4-8)13-9(10-11-12-13)18-5-6-19(15,16)17;7-5-3-1-2-4-6-11(8,9)10;6-4-2-1-3-5-10(7,8)9;5-4(6)10-2-1-3-11(7,8)9;5-3-1-2-4-9(6,7)8;4-6-5-2-1-3-10(7,8)9;;/h1-3,5-6,8H,4,7,9-12H2,(H,17,18);1-6H,7-11H2,(H,16,17);1-3,5-6,12,14-15H,4,7-10H2,(H,17,18,19);2-5,11,15H,1,6-8H2,(H2,14,16)(H,17,18,19);1-4,14H,5-6H2,(H,15,16,17);1-7H2,(H,8,9,10);1-6H2,(H,7,8,9);1-3H2,(H3,5,6)(H,7,8,9);1-5H2,(H,6,7,8);1-3H2,(H,7,8,9);1H;/q;;;;;;;;;;;+1/p-1/t;;12-;11-;;;;;;;;/m..00......../s1. The summed E-state index contributed by atoms with van der Waals surface area (Å²) in [6, 6.07) is 42.9. The Kier molecular flexibility index (Phi) is 83.1. The summed E-state index contributed by atoms with van der Waals surface area (Å²) in [7, 11) is -31.2. The molecular formula is C85H138ClIN17NaO32S10. The number of halogens is 2. The van der Waals surface area contributed by atoms with Gasteiger partial charge in [0.25, 0.3) is 70.8 Å². The molecule has 147 heavy (non-hydrogen) atoms. The number of ketones is 1. The van der Waals surface area contributed by atoms with Gasteiger partial charge in [-0.15, -0.1) is 17.5 Å². The summed E-state index contributed by atoms with van der Waals surface area (Å²) in [5.74, 6) is -3.81. The Morgan fingerprint density at radius 1 is 0.503 bits per heavy atom. The number of azide groups is 1. The number of aromatic nitrogens is 4. The van der Waals surface area contributed by atoms with Gasteiger partial charge in [0.1, 0.15) is 12.4 Å². The number of nitrogens with two attached hydrogens (primary N) is 5. The fourth-order valence-electron chi connectivity index (χ4n) is 11.7. The predicted molar refractivity (Wildman–Crippen MR) is 572 cm³/mol. The number of rotatable bonds is 54. The molecule has 0 radical (unpaired) electrons. The number of benzene rings is 5. The van der Waals surface area contributed by atoms with Gasteiger partial charge in [-0.25, -0.2) is 8.42 Å². The molecule has 0 aliphatic carbocycles. The van der Waals surface area contributed by atoms with E-state index in [4.69, 9.17) is 86.8 Å². The van der Waals surface area contributed by atoms with Gasteiger partial charge in [-0.1, -0.05) is 163 Å². The number of Topliss-reactive ketones (excluding diaryl/α,β-unsaturated/α-hetero) is 1. The third kappa shape index (κ3) is 93.5. The molecule has 0 unspecified atom stereocenters. The number of amides is 1. The van der Waals surface area contributed by atoms with Crippen molar-refractivity contribution in [1.29, 1.82) is 5.41 Å². The number of phenols is 1. The maximum absolute atomic E-state index is 11.6. The second-order valence-electron chi connectivity index (χ2n) is 31.1. The molecule has 1 amide bonds. The van der Waals surface area contributed by atoms with Crippen LogP contribution in [0.4, 0.5) is 0 Å². The number of carboxylic acids is 2. The van der Waals surface area contributed by atoms with E-state index in [9.17, 15) is 96.2 Å². The second kappa shape index (κ2) is 83.5. The van der Waals surface area contributed by atoms with Gasteiger partial charge in [0, 0.05) is 71.4 Å². The van der Waals surface area contributed by atoms with E-state index in [1.165, 1.54) is 39.1 Å². The first kappa shape index (κ1) is 146. The van der Waals surface area contributed by atoms with Crippen molar-refractivity contribution in [2.45, 2.75) is 146 Å². The summed E-state index contributed by atoms with van der Waals surface area (Å²) >= 11 is 4.35. The first-order chi connectivity index (χ1) is 67.8. The minimum Gasteiger partial charge on any atom is -0.748 e. The number of hydrogen-bond acceptors (Lipinski definition) is 37. The third-order valence-electron chi connectivity index (χ3n) is 18.8. The molecule has 0 fully saturated rings. The van der Waals surface area contributed by atoms with Gasteiger partial charge in [0.15, 0.2) is 11.0 Å².